The number of rotatable bonds is 13. The number of alkyl halides is 3. The van der Waals surface area contributed by atoms with Crippen LogP contribution in [0.1, 0.15) is 72.8 Å². The summed E-state index contributed by atoms with van der Waals surface area (Å²) in [5.74, 6) is -0.0970. The van der Waals surface area contributed by atoms with Crippen LogP contribution in [0.25, 0.3) is 5.57 Å². The summed E-state index contributed by atoms with van der Waals surface area (Å²) in [5.41, 5.74) is 5.91. The third-order valence-electron chi connectivity index (χ3n) is 8.89. The summed E-state index contributed by atoms with van der Waals surface area (Å²) in [6, 6.07) is 17.5. The van der Waals surface area contributed by atoms with Crippen LogP contribution in [0.3, 0.4) is 0 Å². The van der Waals surface area contributed by atoms with Gasteiger partial charge < -0.3 is 10.6 Å². The van der Waals surface area contributed by atoms with Gasteiger partial charge in [0.15, 0.2) is 0 Å². The van der Waals surface area contributed by atoms with Gasteiger partial charge in [-0.1, -0.05) is 24.3 Å². The zero-order valence-corrected chi connectivity index (χ0v) is 28.6. The maximum absolute atomic E-state index is 13.4. The average Bonchev–Trinajstić information content (AvgIpc) is 3.48. The minimum absolute atomic E-state index is 0.0944. The maximum atomic E-state index is 13.4. The van der Waals surface area contributed by atoms with Gasteiger partial charge in [0, 0.05) is 53.7 Å². The number of benzene rings is 3. The first kappa shape index (κ1) is 35.1. The van der Waals surface area contributed by atoms with Gasteiger partial charge in [-0.2, -0.15) is 13.2 Å². The minimum atomic E-state index is -4.39. The Balaban J connectivity index is 1.08. The SMILES string of the molecule is CSc1cccc(SC)c1CCCC(=O)NCCCN1Cc2ccc(NC(=O)C3=C(c4ccc(C(F)(F)F)cc4)CCCC3)cc2C1. The molecular weight excluding hydrogens is 640 g/mol. The molecule has 0 saturated carbocycles. The van der Waals surface area contributed by atoms with Crippen molar-refractivity contribution in [1.82, 2.24) is 10.2 Å². The van der Waals surface area contributed by atoms with Crippen LogP contribution in [0.4, 0.5) is 18.9 Å². The molecule has 5 nitrogen and oxygen atoms in total. The largest absolute Gasteiger partial charge is 0.416 e. The number of hydrogen-bond donors (Lipinski definition) is 2. The molecule has 3 aromatic rings. The van der Waals surface area contributed by atoms with Crippen molar-refractivity contribution in [1.29, 1.82) is 0 Å². The lowest BCUT2D eigenvalue weighted by molar-refractivity contribution is -0.137. The van der Waals surface area contributed by atoms with Crippen LogP contribution in [0.5, 0.6) is 0 Å². The molecule has 10 heteroatoms. The predicted octanol–water partition coefficient (Wildman–Crippen LogP) is 8.96. The molecule has 1 heterocycles. The highest BCUT2D eigenvalue weighted by Gasteiger charge is 2.30. The van der Waals surface area contributed by atoms with E-state index in [1.807, 2.05) is 12.1 Å². The van der Waals surface area contributed by atoms with E-state index < -0.39 is 11.7 Å². The quantitative estimate of drug-likeness (QED) is 0.139. The standard InChI is InChI=1S/C37H42F3N3O2S2/c1-46-33-11-6-12-34(47-2)32(33)10-5-13-35(44)41-20-7-21-43-23-26-16-19-29(22-27(26)24-43)42-36(45)31-9-4-3-8-30(31)25-14-17-28(18-15-25)37(38,39)40/h6,11-12,14-19,22H,3-5,7-10,13,20-21,23-24H2,1-2H3,(H,41,44)(H,42,45). The van der Waals surface area contributed by atoms with Gasteiger partial charge in [0.05, 0.1) is 5.56 Å². The van der Waals surface area contributed by atoms with Crippen molar-refractivity contribution in [2.75, 3.05) is 30.9 Å². The van der Waals surface area contributed by atoms with E-state index in [9.17, 15) is 22.8 Å². The van der Waals surface area contributed by atoms with Crippen LogP contribution in [-0.4, -0.2) is 42.3 Å². The van der Waals surface area contributed by atoms with Crippen molar-refractivity contribution in [3.05, 3.63) is 94.1 Å². The summed E-state index contributed by atoms with van der Waals surface area (Å²) in [5, 5.41) is 6.13. The molecule has 5 rings (SSSR count). The van der Waals surface area contributed by atoms with Crippen molar-refractivity contribution in [3.63, 3.8) is 0 Å². The molecule has 0 atom stereocenters. The van der Waals surface area contributed by atoms with Gasteiger partial charge in [0.1, 0.15) is 0 Å². The number of nitrogens with one attached hydrogen (secondary N) is 2. The van der Waals surface area contributed by atoms with Gasteiger partial charge in [-0.15, -0.1) is 23.5 Å². The van der Waals surface area contributed by atoms with Gasteiger partial charge in [0.25, 0.3) is 5.91 Å². The molecule has 0 radical (unpaired) electrons. The van der Waals surface area contributed by atoms with Gasteiger partial charge in [-0.3, -0.25) is 14.5 Å². The second kappa shape index (κ2) is 16.3. The summed E-state index contributed by atoms with van der Waals surface area (Å²) >= 11 is 3.50. The number of nitrogens with zero attached hydrogens (tertiary/aromatic N) is 1. The van der Waals surface area contributed by atoms with Crippen molar-refractivity contribution >= 4 is 46.6 Å². The number of allylic oxidation sites excluding steroid dienone is 1. The Bertz CT molecular complexity index is 1580. The molecule has 1 aliphatic carbocycles. The van der Waals surface area contributed by atoms with E-state index in [2.05, 4.69) is 52.3 Å². The molecule has 2 aliphatic rings. The molecule has 1 aliphatic heterocycles. The Kier molecular flexibility index (Phi) is 12.1. The second-order valence-electron chi connectivity index (χ2n) is 12.1. The fourth-order valence-corrected chi connectivity index (χ4v) is 7.87. The lowest BCUT2D eigenvalue weighted by atomic mass is 9.86. The molecule has 0 spiro atoms. The molecule has 0 fully saturated rings. The summed E-state index contributed by atoms with van der Waals surface area (Å²) < 4.78 is 39.2. The normalized spacial score (nSPS) is 15.1. The van der Waals surface area contributed by atoms with Crippen LogP contribution >= 0.6 is 23.5 Å². The number of halogens is 3. The van der Waals surface area contributed by atoms with Crippen LogP contribution in [0.15, 0.2) is 76.0 Å². The van der Waals surface area contributed by atoms with Crippen molar-refractivity contribution < 1.29 is 22.8 Å². The number of carbonyl (C=O) groups excluding carboxylic acids is 2. The van der Waals surface area contributed by atoms with Gasteiger partial charge in [0.2, 0.25) is 5.91 Å². The van der Waals surface area contributed by atoms with Crippen molar-refractivity contribution in [2.45, 2.75) is 80.4 Å². The van der Waals surface area contributed by atoms with E-state index in [1.54, 1.807) is 23.5 Å². The lowest BCUT2D eigenvalue weighted by Crippen LogP contribution is -2.27. The highest BCUT2D eigenvalue weighted by Crippen LogP contribution is 2.36. The molecular formula is C37H42F3N3O2S2. The van der Waals surface area contributed by atoms with Crippen molar-refractivity contribution in [3.8, 4) is 0 Å². The highest BCUT2D eigenvalue weighted by molar-refractivity contribution is 7.99. The molecule has 0 aromatic heterocycles. The second-order valence-corrected chi connectivity index (χ2v) is 13.8. The molecule has 47 heavy (non-hydrogen) atoms. The third kappa shape index (κ3) is 9.24. The zero-order chi connectivity index (χ0) is 33.4. The van der Waals surface area contributed by atoms with Gasteiger partial charge >= 0.3 is 6.18 Å². The monoisotopic (exact) mass is 681 g/mol. The smallest absolute Gasteiger partial charge is 0.356 e. The average molecular weight is 682 g/mol. The zero-order valence-electron chi connectivity index (χ0n) is 27.0. The Morgan fingerprint density at radius 2 is 1.57 bits per heavy atom. The molecule has 250 valence electrons. The summed E-state index contributed by atoms with van der Waals surface area (Å²) in [7, 11) is 0. The van der Waals surface area contributed by atoms with Crippen molar-refractivity contribution in [2.24, 2.45) is 0 Å². The Labute approximate surface area is 284 Å². The Morgan fingerprint density at radius 3 is 2.28 bits per heavy atom. The first-order valence-corrected chi connectivity index (χ1v) is 18.6. The number of fused-ring (bicyclic) bond motifs is 1. The van der Waals surface area contributed by atoms with E-state index in [-0.39, 0.29) is 11.8 Å². The lowest BCUT2D eigenvalue weighted by Gasteiger charge is -2.21. The third-order valence-corrected chi connectivity index (χ3v) is 10.5. The first-order chi connectivity index (χ1) is 22.7. The molecule has 0 bridgehead atoms. The first-order valence-electron chi connectivity index (χ1n) is 16.2. The number of carbonyl (C=O) groups is 2. The summed E-state index contributed by atoms with van der Waals surface area (Å²) in [4.78, 5) is 30.8. The molecule has 2 amide bonds. The van der Waals surface area contributed by atoms with Crippen LogP contribution in [0.2, 0.25) is 0 Å². The maximum Gasteiger partial charge on any atom is 0.416 e. The van der Waals surface area contributed by atoms with Crippen LogP contribution in [0, 0.1) is 0 Å². The summed E-state index contributed by atoms with van der Waals surface area (Å²) in [6.07, 6.45) is 5.93. The van der Waals surface area contributed by atoms with E-state index in [0.717, 1.165) is 75.1 Å². The summed E-state index contributed by atoms with van der Waals surface area (Å²) in [6.45, 7) is 3.10. The number of thioether (sulfide) groups is 2. The van der Waals surface area contributed by atoms with Crippen LogP contribution in [-0.2, 0) is 35.3 Å². The van der Waals surface area contributed by atoms with E-state index in [0.29, 0.717) is 36.9 Å². The minimum Gasteiger partial charge on any atom is -0.356 e. The van der Waals surface area contributed by atoms with Crippen LogP contribution < -0.4 is 10.6 Å². The van der Waals surface area contributed by atoms with E-state index in [4.69, 9.17) is 0 Å². The fourth-order valence-electron chi connectivity index (χ4n) is 6.46. The molecule has 3 aromatic carbocycles. The number of anilines is 1. The molecule has 2 N–H and O–H groups in total. The Hall–Kier alpha value is -3.21. The van der Waals surface area contributed by atoms with Gasteiger partial charge in [-0.05, 0) is 122 Å². The molecule has 0 unspecified atom stereocenters. The fraction of sp³-hybridized carbons (Fsp3) is 0.405. The van der Waals surface area contributed by atoms with E-state index >= 15 is 0 Å². The van der Waals surface area contributed by atoms with Gasteiger partial charge in [-0.25, -0.2) is 0 Å². The topological polar surface area (TPSA) is 61.4 Å². The highest BCUT2D eigenvalue weighted by atomic mass is 32.2. The van der Waals surface area contributed by atoms with E-state index in [1.165, 1.54) is 38.6 Å². The number of amides is 2. The number of hydrogen-bond acceptors (Lipinski definition) is 5. The Morgan fingerprint density at radius 1 is 0.872 bits per heavy atom. The molecule has 0 saturated heterocycles. The predicted molar refractivity (Wildman–Crippen MR) is 187 cm³/mol.